The maximum absolute atomic E-state index is 12.7. The molecule has 0 bridgehead atoms. The zero-order chi connectivity index (χ0) is 22.3. The van der Waals surface area contributed by atoms with E-state index in [0.717, 1.165) is 0 Å². The number of nitrogens with zero attached hydrogens (tertiary/aromatic N) is 1. The summed E-state index contributed by atoms with van der Waals surface area (Å²) in [4.78, 5) is 29.6. The molecule has 0 aliphatic rings. The largest absolute Gasteiger partial charge is 0.493 e. The predicted molar refractivity (Wildman–Crippen MR) is 108 cm³/mol. The van der Waals surface area contributed by atoms with Crippen LogP contribution < -0.4 is 28.4 Å². The fourth-order valence-electron chi connectivity index (χ4n) is 2.86. The first kappa shape index (κ1) is 22.8. The van der Waals surface area contributed by atoms with Gasteiger partial charge in [0.1, 0.15) is 0 Å². The van der Waals surface area contributed by atoms with Gasteiger partial charge in [-0.2, -0.15) is 4.98 Å². The average molecular weight is 419 g/mol. The van der Waals surface area contributed by atoms with E-state index in [9.17, 15) is 9.59 Å². The Morgan fingerprint density at radius 2 is 1.20 bits per heavy atom. The van der Waals surface area contributed by atoms with E-state index in [1.54, 1.807) is 12.1 Å². The molecular weight excluding hydrogens is 394 g/mol. The van der Waals surface area contributed by atoms with E-state index in [4.69, 9.17) is 28.4 Å². The highest BCUT2D eigenvalue weighted by molar-refractivity contribution is 6.03. The van der Waals surface area contributed by atoms with Crippen molar-refractivity contribution in [2.75, 3.05) is 42.7 Å². The van der Waals surface area contributed by atoms with Gasteiger partial charge in [0, 0.05) is 24.5 Å². The molecule has 162 valence electrons. The van der Waals surface area contributed by atoms with Crippen LogP contribution in [0.25, 0.3) is 0 Å². The molecule has 0 saturated carbocycles. The van der Waals surface area contributed by atoms with Gasteiger partial charge in [0.15, 0.2) is 28.8 Å². The Morgan fingerprint density at radius 1 is 0.667 bits per heavy atom. The van der Waals surface area contributed by atoms with Crippen LogP contribution in [-0.4, -0.2) is 59.2 Å². The van der Waals surface area contributed by atoms with E-state index in [2.05, 4.69) is 4.98 Å². The van der Waals surface area contributed by atoms with E-state index in [0.29, 0.717) is 22.8 Å². The number of Topliss-reactive ketones (excluding diaryl/α,β-unsaturated/α-hetero) is 2. The summed E-state index contributed by atoms with van der Waals surface area (Å²) in [6, 6.07) is 4.58. The molecule has 0 atom stereocenters. The first-order chi connectivity index (χ1) is 14.4. The van der Waals surface area contributed by atoms with E-state index in [1.807, 2.05) is 0 Å². The number of rotatable bonds is 11. The summed E-state index contributed by atoms with van der Waals surface area (Å²) in [6.45, 7) is 0. The minimum Gasteiger partial charge on any atom is -0.493 e. The summed E-state index contributed by atoms with van der Waals surface area (Å²) in [5, 5.41) is 0. The quantitative estimate of drug-likeness (QED) is 0.509. The van der Waals surface area contributed by atoms with Gasteiger partial charge in [0.25, 0.3) is 5.88 Å². The lowest BCUT2D eigenvalue weighted by molar-refractivity contribution is 0.0914. The molecule has 30 heavy (non-hydrogen) atoms. The Hall–Kier alpha value is -3.49. The van der Waals surface area contributed by atoms with Gasteiger partial charge in [0.05, 0.1) is 48.2 Å². The standard InChI is InChI=1S/C21H25NO8/c1-25-16-9-12(10-17(26-2)19(16)28-4)14(23)7-8-15(24)13-11-18(27-3)21(30-6)22-20(13)29-5/h9-11H,7-8H2,1-6H3. The molecule has 2 aromatic rings. The lowest BCUT2D eigenvalue weighted by Crippen LogP contribution is -2.09. The molecule has 0 radical (unpaired) electrons. The van der Waals surface area contributed by atoms with Gasteiger partial charge in [-0.25, -0.2) is 0 Å². The second-order valence-electron chi connectivity index (χ2n) is 6.02. The van der Waals surface area contributed by atoms with Gasteiger partial charge in [-0.1, -0.05) is 0 Å². The second-order valence-corrected chi connectivity index (χ2v) is 6.02. The maximum Gasteiger partial charge on any atom is 0.260 e. The number of methoxy groups -OCH3 is 6. The van der Waals surface area contributed by atoms with Crippen molar-refractivity contribution < 1.29 is 38.0 Å². The predicted octanol–water partition coefficient (Wildman–Crippen LogP) is 2.98. The second kappa shape index (κ2) is 10.3. The van der Waals surface area contributed by atoms with Crippen molar-refractivity contribution in [3.8, 4) is 34.8 Å². The number of pyridine rings is 1. The van der Waals surface area contributed by atoms with Crippen molar-refractivity contribution in [3.05, 3.63) is 29.3 Å². The summed E-state index contributed by atoms with van der Waals surface area (Å²) in [7, 11) is 8.67. The Bertz CT molecular complexity index is 900. The van der Waals surface area contributed by atoms with Gasteiger partial charge in [0.2, 0.25) is 11.6 Å². The van der Waals surface area contributed by atoms with Crippen LogP contribution in [0.15, 0.2) is 18.2 Å². The van der Waals surface area contributed by atoms with Crippen LogP contribution in [0, 0.1) is 0 Å². The van der Waals surface area contributed by atoms with Crippen molar-refractivity contribution >= 4 is 11.6 Å². The third kappa shape index (κ3) is 4.73. The highest BCUT2D eigenvalue weighted by Crippen LogP contribution is 2.38. The van der Waals surface area contributed by atoms with Crippen LogP contribution in [0.5, 0.6) is 34.8 Å². The van der Waals surface area contributed by atoms with Crippen LogP contribution in [0.4, 0.5) is 0 Å². The molecule has 0 unspecified atom stereocenters. The first-order valence-electron chi connectivity index (χ1n) is 8.97. The summed E-state index contributed by atoms with van der Waals surface area (Å²) >= 11 is 0. The summed E-state index contributed by atoms with van der Waals surface area (Å²) in [5.74, 6) is 1.11. The topological polar surface area (TPSA) is 102 Å². The minimum absolute atomic E-state index is 0.0328. The van der Waals surface area contributed by atoms with E-state index in [1.165, 1.54) is 48.7 Å². The summed E-state index contributed by atoms with van der Waals surface area (Å²) < 4.78 is 31.3. The fourth-order valence-corrected chi connectivity index (χ4v) is 2.86. The van der Waals surface area contributed by atoms with E-state index in [-0.39, 0.29) is 47.5 Å². The average Bonchev–Trinajstić information content (AvgIpc) is 2.79. The molecule has 0 amide bonds. The zero-order valence-corrected chi connectivity index (χ0v) is 17.9. The molecule has 0 aliphatic carbocycles. The fraction of sp³-hybridized carbons (Fsp3) is 0.381. The van der Waals surface area contributed by atoms with Crippen molar-refractivity contribution in [2.24, 2.45) is 0 Å². The molecule has 1 heterocycles. The highest BCUT2D eigenvalue weighted by Gasteiger charge is 2.22. The molecule has 1 aromatic heterocycles. The lowest BCUT2D eigenvalue weighted by Gasteiger charge is -2.14. The highest BCUT2D eigenvalue weighted by atomic mass is 16.5. The molecule has 0 aliphatic heterocycles. The first-order valence-corrected chi connectivity index (χ1v) is 8.97. The van der Waals surface area contributed by atoms with Gasteiger partial charge in [-0.15, -0.1) is 0 Å². The van der Waals surface area contributed by atoms with Crippen molar-refractivity contribution in [2.45, 2.75) is 12.8 Å². The van der Waals surface area contributed by atoms with Gasteiger partial charge in [-0.05, 0) is 12.1 Å². The van der Waals surface area contributed by atoms with Crippen LogP contribution in [0.2, 0.25) is 0 Å². The van der Waals surface area contributed by atoms with Gasteiger partial charge < -0.3 is 28.4 Å². The minimum atomic E-state index is -0.318. The van der Waals surface area contributed by atoms with Crippen LogP contribution >= 0.6 is 0 Å². The number of ether oxygens (including phenoxy) is 6. The molecule has 0 saturated heterocycles. The third-order valence-electron chi connectivity index (χ3n) is 4.39. The van der Waals surface area contributed by atoms with Crippen molar-refractivity contribution in [1.29, 1.82) is 0 Å². The Labute approximate surface area is 174 Å². The third-order valence-corrected chi connectivity index (χ3v) is 4.39. The van der Waals surface area contributed by atoms with Gasteiger partial charge in [-0.3, -0.25) is 9.59 Å². The SMILES string of the molecule is COc1cc(C(=O)CCC(=O)c2cc(OC)c(OC)c(OC)c2)c(OC)nc1OC. The van der Waals surface area contributed by atoms with Crippen molar-refractivity contribution in [3.63, 3.8) is 0 Å². The Kier molecular flexibility index (Phi) is 7.85. The number of carbonyl (C=O) groups is 2. The number of hydrogen-bond donors (Lipinski definition) is 0. The normalized spacial score (nSPS) is 10.2. The Morgan fingerprint density at radius 3 is 1.67 bits per heavy atom. The summed E-state index contributed by atoms with van der Waals surface area (Å²) in [6.07, 6.45) is -0.0853. The van der Waals surface area contributed by atoms with Crippen LogP contribution in [-0.2, 0) is 0 Å². The van der Waals surface area contributed by atoms with E-state index < -0.39 is 0 Å². The molecule has 9 heteroatoms. The van der Waals surface area contributed by atoms with Crippen molar-refractivity contribution in [1.82, 2.24) is 4.98 Å². The van der Waals surface area contributed by atoms with Gasteiger partial charge >= 0.3 is 0 Å². The van der Waals surface area contributed by atoms with Crippen LogP contribution in [0.1, 0.15) is 33.6 Å². The monoisotopic (exact) mass is 419 g/mol. The zero-order valence-electron chi connectivity index (χ0n) is 17.9. The number of ketones is 2. The number of benzene rings is 1. The van der Waals surface area contributed by atoms with Crippen LogP contribution in [0.3, 0.4) is 0 Å². The van der Waals surface area contributed by atoms with E-state index >= 15 is 0 Å². The number of hydrogen-bond acceptors (Lipinski definition) is 9. The molecule has 1 aromatic carbocycles. The molecule has 9 nitrogen and oxygen atoms in total. The molecule has 0 fully saturated rings. The Balaban J connectivity index is 2.23. The smallest absolute Gasteiger partial charge is 0.260 e. The molecule has 0 N–H and O–H groups in total. The summed E-state index contributed by atoms with van der Waals surface area (Å²) in [5.41, 5.74) is 0.544. The number of carbonyl (C=O) groups excluding carboxylic acids is 2. The molecule has 2 rings (SSSR count). The number of aromatic nitrogens is 1. The molecular formula is C21H25NO8. The molecule has 0 spiro atoms. The lowest BCUT2D eigenvalue weighted by atomic mass is 10.0. The maximum atomic E-state index is 12.7.